The average Bonchev–Trinajstić information content (AvgIpc) is 3.32. The number of amides is 1. The van der Waals surface area contributed by atoms with E-state index in [1.54, 1.807) is 4.90 Å². The zero-order valence-corrected chi connectivity index (χ0v) is 21.1. The molecule has 7 heteroatoms. The molecule has 1 saturated heterocycles. The van der Waals surface area contributed by atoms with E-state index in [-0.39, 0.29) is 12.1 Å². The highest BCUT2D eigenvalue weighted by atomic mass is 16.4. The molecule has 2 atom stereocenters. The molecule has 0 radical (unpaired) electrons. The second-order valence-electron chi connectivity index (χ2n) is 9.92. The summed E-state index contributed by atoms with van der Waals surface area (Å²) in [7, 11) is 0. The van der Waals surface area contributed by atoms with Crippen LogP contribution in [-0.4, -0.2) is 56.1 Å². The van der Waals surface area contributed by atoms with E-state index in [0.717, 1.165) is 62.3 Å². The van der Waals surface area contributed by atoms with Gasteiger partial charge in [-0.15, -0.1) is 0 Å². The molecule has 4 aromatic rings. The van der Waals surface area contributed by atoms with Gasteiger partial charge in [-0.25, -0.2) is 9.78 Å². The van der Waals surface area contributed by atoms with Crippen molar-refractivity contribution in [1.82, 2.24) is 19.8 Å². The number of carbonyl (C=O) groups is 1. The summed E-state index contributed by atoms with van der Waals surface area (Å²) < 4.78 is 0. The predicted molar refractivity (Wildman–Crippen MR) is 147 cm³/mol. The molecule has 1 aliphatic heterocycles. The Balaban J connectivity index is 1.21. The molecule has 1 aromatic heterocycles. The zero-order chi connectivity index (χ0) is 25.5. The first-order chi connectivity index (χ1) is 18.1. The summed E-state index contributed by atoms with van der Waals surface area (Å²) in [5, 5.41) is 13.4. The van der Waals surface area contributed by atoms with Gasteiger partial charge in [0.15, 0.2) is 0 Å². The van der Waals surface area contributed by atoms with Crippen molar-refractivity contribution in [3.8, 4) is 0 Å². The van der Waals surface area contributed by atoms with Gasteiger partial charge in [-0.2, -0.15) is 0 Å². The number of imidazole rings is 1. The zero-order valence-electron chi connectivity index (χ0n) is 21.1. The van der Waals surface area contributed by atoms with Crippen LogP contribution in [0.15, 0.2) is 84.9 Å². The quantitative estimate of drug-likeness (QED) is 0.251. The summed E-state index contributed by atoms with van der Waals surface area (Å²) in [6.07, 6.45) is 2.50. The highest BCUT2D eigenvalue weighted by molar-refractivity contribution is 5.77. The highest BCUT2D eigenvalue weighted by Crippen LogP contribution is 2.25. The van der Waals surface area contributed by atoms with Crippen LogP contribution in [0.4, 0.5) is 10.7 Å². The minimum Gasteiger partial charge on any atom is -0.465 e. The second kappa shape index (κ2) is 11.9. The summed E-state index contributed by atoms with van der Waals surface area (Å²) in [5.41, 5.74) is 4.51. The lowest BCUT2D eigenvalue weighted by Crippen LogP contribution is -2.49. The summed E-state index contributed by atoms with van der Waals surface area (Å²) in [4.78, 5) is 24.1. The predicted octanol–water partition coefficient (Wildman–Crippen LogP) is 5.97. The van der Waals surface area contributed by atoms with Crippen molar-refractivity contribution in [2.75, 3.05) is 18.4 Å². The molecular weight excluding hydrogens is 462 g/mol. The molecule has 3 aromatic carbocycles. The van der Waals surface area contributed by atoms with Crippen LogP contribution in [0.1, 0.15) is 36.8 Å². The first-order valence-corrected chi connectivity index (χ1v) is 13.1. The largest absolute Gasteiger partial charge is 0.465 e. The van der Waals surface area contributed by atoms with Crippen molar-refractivity contribution in [1.29, 1.82) is 0 Å². The Morgan fingerprint density at radius 3 is 2.27 bits per heavy atom. The van der Waals surface area contributed by atoms with Crippen molar-refractivity contribution >= 4 is 23.1 Å². The molecule has 37 heavy (non-hydrogen) atoms. The second-order valence-corrected chi connectivity index (χ2v) is 9.92. The van der Waals surface area contributed by atoms with Crippen molar-refractivity contribution in [3.63, 3.8) is 0 Å². The van der Waals surface area contributed by atoms with Gasteiger partial charge in [-0.05, 0) is 55.5 Å². The van der Waals surface area contributed by atoms with Crippen LogP contribution in [0.2, 0.25) is 0 Å². The number of nitrogens with zero attached hydrogens (tertiary/aromatic N) is 3. The number of aromatic amines is 1. The van der Waals surface area contributed by atoms with Gasteiger partial charge in [-0.3, -0.25) is 4.90 Å². The number of rotatable bonds is 10. The Bertz CT molecular complexity index is 1200. The Labute approximate surface area is 218 Å². The van der Waals surface area contributed by atoms with E-state index >= 15 is 0 Å². The number of nitrogens with one attached hydrogen (secondary N) is 2. The van der Waals surface area contributed by atoms with Crippen molar-refractivity contribution in [2.24, 2.45) is 0 Å². The molecule has 1 amide bonds. The van der Waals surface area contributed by atoms with Crippen molar-refractivity contribution < 1.29 is 9.90 Å². The van der Waals surface area contributed by atoms with Crippen LogP contribution in [0.5, 0.6) is 0 Å². The van der Waals surface area contributed by atoms with Crippen LogP contribution in [-0.2, 0) is 13.1 Å². The molecule has 5 rings (SSSR count). The molecule has 2 heterocycles. The number of para-hydroxylation sites is 2. The number of carboxylic acid groups (broad SMARTS) is 1. The number of anilines is 1. The lowest BCUT2D eigenvalue weighted by molar-refractivity contribution is 0.0972. The first-order valence-electron chi connectivity index (χ1n) is 13.1. The summed E-state index contributed by atoms with van der Waals surface area (Å²) in [5.74, 6) is 0.755. The Hall–Kier alpha value is -3.84. The maximum atomic E-state index is 12.0. The van der Waals surface area contributed by atoms with Gasteiger partial charge in [0, 0.05) is 31.7 Å². The fourth-order valence-electron chi connectivity index (χ4n) is 5.37. The van der Waals surface area contributed by atoms with E-state index in [2.05, 4.69) is 68.7 Å². The van der Waals surface area contributed by atoms with E-state index in [0.29, 0.717) is 6.54 Å². The maximum Gasteiger partial charge on any atom is 0.407 e. The van der Waals surface area contributed by atoms with Crippen LogP contribution >= 0.6 is 0 Å². The Kier molecular flexibility index (Phi) is 8.01. The number of piperidine rings is 1. The fraction of sp³-hybridized carbons (Fsp3) is 0.333. The van der Waals surface area contributed by atoms with Crippen LogP contribution in [0.25, 0.3) is 11.0 Å². The SMILES string of the molecule is O=C(O)N1CCC(Nc2nc3ccccc3[nH]2)C[C@@H]1CCCN(Cc1ccccc1)Cc1ccccc1. The lowest BCUT2D eigenvalue weighted by atomic mass is 9.94. The molecule has 1 unspecified atom stereocenters. The van der Waals surface area contributed by atoms with Gasteiger partial charge in [0.2, 0.25) is 5.95 Å². The number of benzene rings is 3. The minimum absolute atomic E-state index is 0.0107. The third-order valence-corrected chi connectivity index (χ3v) is 7.20. The summed E-state index contributed by atoms with van der Waals surface area (Å²) >= 11 is 0. The van der Waals surface area contributed by atoms with Crippen molar-refractivity contribution in [2.45, 2.75) is 50.9 Å². The molecule has 7 nitrogen and oxygen atoms in total. The minimum atomic E-state index is -0.822. The van der Waals surface area contributed by atoms with E-state index < -0.39 is 6.09 Å². The Morgan fingerprint density at radius 1 is 0.973 bits per heavy atom. The van der Waals surface area contributed by atoms with E-state index in [4.69, 9.17) is 0 Å². The number of aromatic nitrogens is 2. The van der Waals surface area contributed by atoms with Gasteiger partial charge in [0.1, 0.15) is 0 Å². The maximum absolute atomic E-state index is 12.0. The molecule has 3 N–H and O–H groups in total. The first kappa shape index (κ1) is 24.8. The fourth-order valence-corrected chi connectivity index (χ4v) is 5.37. The number of likely N-dealkylation sites (tertiary alicyclic amines) is 1. The van der Waals surface area contributed by atoms with Gasteiger partial charge < -0.3 is 20.3 Å². The smallest absolute Gasteiger partial charge is 0.407 e. The lowest BCUT2D eigenvalue weighted by Gasteiger charge is -2.38. The van der Waals surface area contributed by atoms with Gasteiger partial charge in [-0.1, -0.05) is 72.8 Å². The molecule has 0 bridgehead atoms. The molecule has 192 valence electrons. The van der Waals surface area contributed by atoms with Crippen LogP contribution in [0.3, 0.4) is 0 Å². The molecule has 1 fully saturated rings. The molecule has 1 aliphatic rings. The monoisotopic (exact) mass is 497 g/mol. The number of hydrogen-bond acceptors (Lipinski definition) is 4. The number of H-pyrrole nitrogens is 1. The molecule has 0 spiro atoms. The van der Waals surface area contributed by atoms with Gasteiger partial charge in [0.05, 0.1) is 11.0 Å². The third-order valence-electron chi connectivity index (χ3n) is 7.20. The average molecular weight is 498 g/mol. The van der Waals surface area contributed by atoms with Crippen LogP contribution in [0, 0.1) is 0 Å². The van der Waals surface area contributed by atoms with E-state index in [1.807, 2.05) is 36.4 Å². The number of hydrogen-bond donors (Lipinski definition) is 3. The van der Waals surface area contributed by atoms with Crippen molar-refractivity contribution in [3.05, 3.63) is 96.1 Å². The molecular formula is C30H35N5O2. The number of fused-ring (bicyclic) bond motifs is 1. The Morgan fingerprint density at radius 2 is 1.62 bits per heavy atom. The summed E-state index contributed by atoms with van der Waals surface area (Å²) in [6.45, 7) is 3.20. The summed E-state index contributed by atoms with van der Waals surface area (Å²) in [6, 6.07) is 29.2. The molecule has 0 saturated carbocycles. The standard InChI is InChI=1S/C30H35N5O2/c36-30(37)35-19-17-25(31-29-32-27-15-7-8-16-28(27)33-29)20-26(35)14-9-18-34(21-23-10-3-1-4-11-23)22-24-12-5-2-6-13-24/h1-8,10-13,15-16,25-26H,9,14,17-22H2,(H,36,37)(H2,31,32,33)/t25?,26-/m0/s1. The van der Waals surface area contributed by atoms with Gasteiger partial charge in [0.25, 0.3) is 0 Å². The topological polar surface area (TPSA) is 84.5 Å². The van der Waals surface area contributed by atoms with E-state index in [9.17, 15) is 9.90 Å². The molecule has 0 aliphatic carbocycles. The normalized spacial score (nSPS) is 17.8. The van der Waals surface area contributed by atoms with Gasteiger partial charge >= 0.3 is 6.09 Å². The third kappa shape index (κ3) is 6.68. The van der Waals surface area contributed by atoms with Crippen LogP contribution < -0.4 is 5.32 Å². The highest BCUT2D eigenvalue weighted by Gasteiger charge is 2.31. The van der Waals surface area contributed by atoms with E-state index in [1.165, 1.54) is 11.1 Å².